The lowest BCUT2D eigenvalue weighted by atomic mass is 9.93. The zero-order valence-corrected chi connectivity index (χ0v) is 11.1. The van der Waals surface area contributed by atoms with Crippen LogP contribution in [0.15, 0.2) is 18.2 Å². The van der Waals surface area contributed by atoms with Gasteiger partial charge in [-0.1, -0.05) is 24.6 Å². The van der Waals surface area contributed by atoms with E-state index in [1.807, 2.05) is 0 Å². The normalized spacial score (nSPS) is 25.3. The van der Waals surface area contributed by atoms with E-state index in [0.717, 1.165) is 13.0 Å². The molecule has 3 nitrogen and oxygen atoms in total. The standard InChI is InChI=1S/C13H18ClFN2O/c1-8-5-6-18-13(8)12(17-16)7-9-10(14)3-2-4-11(9)15/h2-4,8,12-13,17H,5-7,16H2,1H3. The van der Waals surface area contributed by atoms with Gasteiger partial charge >= 0.3 is 0 Å². The van der Waals surface area contributed by atoms with Gasteiger partial charge in [0.25, 0.3) is 0 Å². The van der Waals surface area contributed by atoms with Crippen LogP contribution in [0.5, 0.6) is 0 Å². The molecule has 0 aliphatic carbocycles. The minimum Gasteiger partial charge on any atom is -0.376 e. The van der Waals surface area contributed by atoms with Crippen LogP contribution in [0.3, 0.4) is 0 Å². The molecule has 3 atom stereocenters. The lowest BCUT2D eigenvalue weighted by molar-refractivity contribution is 0.0608. The predicted octanol–water partition coefficient (Wildman–Crippen LogP) is 2.28. The Morgan fingerprint density at radius 3 is 2.94 bits per heavy atom. The summed E-state index contributed by atoms with van der Waals surface area (Å²) in [5, 5.41) is 0.431. The smallest absolute Gasteiger partial charge is 0.127 e. The van der Waals surface area contributed by atoms with Crippen molar-refractivity contribution in [1.29, 1.82) is 0 Å². The minimum atomic E-state index is -0.298. The number of hydrogen-bond donors (Lipinski definition) is 2. The lowest BCUT2D eigenvalue weighted by Gasteiger charge is -2.26. The van der Waals surface area contributed by atoms with E-state index >= 15 is 0 Å². The molecule has 0 aromatic heterocycles. The van der Waals surface area contributed by atoms with Crippen LogP contribution in [-0.2, 0) is 11.2 Å². The van der Waals surface area contributed by atoms with E-state index in [1.165, 1.54) is 6.07 Å². The molecule has 2 rings (SSSR count). The van der Waals surface area contributed by atoms with Crippen molar-refractivity contribution >= 4 is 11.6 Å². The first-order valence-electron chi connectivity index (χ1n) is 6.14. The highest BCUT2D eigenvalue weighted by molar-refractivity contribution is 6.31. The van der Waals surface area contributed by atoms with Crippen molar-refractivity contribution < 1.29 is 9.13 Å². The third-order valence-corrected chi connectivity index (χ3v) is 3.89. The van der Waals surface area contributed by atoms with Gasteiger partial charge in [-0.3, -0.25) is 11.3 Å². The Kier molecular flexibility index (Phi) is 4.56. The lowest BCUT2D eigenvalue weighted by Crippen LogP contribution is -2.47. The molecule has 0 bridgehead atoms. The zero-order chi connectivity index (χ0) is 13.1. The van der Waals surface area contributed by atoms with Crippen molar-refractivity contribution in [2.24, 2.45) is 11.8 Å². The molecule has 1 aromatic carbocycles. The highest BCUT2D eigenvalue weighted by atomic mass is 35.5. The molecule has 1 aliphatic rings. The van der Waals surface area contributed by atoms with Crippen LogP contribution < -0.4 is 11.3 Å². The van der Waals surface area contributed by atoms with Crippen LogP contribution in [0.4, 0.5) is 4.39 Å². The van der Waals surface area contributed by atoms with Crippen molar-refractivity contribution in [3.8, 4) is 0 Å². The number of rotatable bonds is 4. The second-order valence-corrected chi connectivity index (χ2v) is 5.19. The molecule has 1 aliphatic heterocycles. The first-order chi connectivity index (χ1) is 8.63. The van der Waals surface area contributed by atoms with E-state index in [0.29, 0.717) is 22.9 Å². The van der Waals surface area contributed by atoms with Crippen molar-refractivity contribution in [3.63, 3.8) is 0 Å². The topological polar surface area (TPSA) is 47.3 Å². The van der Waals surface area contributed by atoms with Gasteiger partial charge in [0.05, 0.1) is 12.1 Å². The van der Waals surface area contributed by atoms with Gasteiger partial charge in [0, 0.05) is 17.2 Å². The number of ether oxygens (including phenoxy) is 1. The van der Waals surface area contributed by atoms with Gasteiger partial charge in [-0.05, 0) is 30.9 Å². The van der Waals surface area contributed by atoms with E-state index in [-0.39, 0.29) is 18.0 Å². The molecule has 0 amide bonds. The van der Waals surface area contributed by atoms with Gasteiger partial charge in [0.2, 0.25) is 0 Å². The van der Waals surface area contributed by atoms with E-state index in [2.05, 4.69) is 12.3 Å². The fourth-order valence-corrected chi connectivity index (χ4v) is 2.69. The van der Waals surface area contributed by atoms with Crippen LogP contribution in [0.1, 0.15) is 18.9 Å². The molecule has 0 radical (unpaired) electrons. The average Bonchev–Trinajstić information content (AvgIpc) is 2.76. The Labute approximate surface area is 111 Å². The molecule has 1 aromatic rings. The van der Waals surface area contributed by atoms with Crippen molar-refractivity contribution in [3.05, 3.63) is 34.6 Å². The number of nitrogens with one attached hydrogen (secondary N) is 1. The molecule has 1 heterocycles. The Morgan fingerprint density at radius 2 is 2.39 bits per heavy atom. The SMILES string of the molecule is CC1CCOC1C(Cc1c(F)cccc1Cl)NN. The number of halogens is 2. The second kappa shape index (κ2) is 5.97. The largest absolute Gasteiger partial charge is 0.376 e. The summed E-state index contributed by atoms with van der Waals surface area (Å²) in [4.78, 5) is 0. The molecule has 0 saturated carbocycles. The van der Waals surface area contributed by atoms with Crippen LogP contribution in [0.2, 0.25) is 5.02 Å². The molecule has 0 spiro atoms. The molecule has 5 heteroatoms. The quantitative estimate of drug-likeness (QED) is 0.653. The Bertz CT molecular complexity index is 396. The molecule has 100 valence electrons. The molecular weight excluding hydrogens is 255 g/mol. The summed E-state index contributed by atoms with van der Waals surface area (Å²) < 4.78 is 19.4. The molecule has 1 saturated heterocycles. The van der Waals surface area contributed by atoms with Crippen molar-refractivity contribution in [1.82, 2.24) is 5.43 Å². The summed E-state index contributed by atoms with van der Waals surface area (Å²) >= 11 is 6.02. The minimum absolute atomic E-state index is 0.00525. The molecular formula is C13H18ClFN2O. The van der Waals surface area contributed by atoms with E-state index in [1.54, 1.807) is 12.1 Å². The number of hydrazine groups is 1. The number of nitrogens with two attached hydrogens (primary N) is 1. The first kappa shape index (κ1) is 13.7. The Morgan fingerprint density at radius 1 is 1.61 bits per heavy atom. The third kappa shape index (κ3) is 2.83. The van der Waals surface area contributed by atoms with Gasteiger partial charge in [-0.25, -0.2) is 4.39 Å². The van der Waals surface area contributed by atoms with Crippen LogP contribution >= 0.6 is 11.6 Å². The van der Waals surface area contributed by atoms with Crippen molar-refractivity contribution in [2.45, 2.75) is 31.9 Å². The summed E-state index contributed by atoms with van der Waals surface area (Å²) in [6.07, 6.45) is 1.44. The summed E-state index contributed by atoms with van der Waals surface area (Å²) in [7, 11) is 0. The van der Waals surface area contributed by atoms with Gasteiger partial charge in [0.1, 0.15) is 5.82 Å². The fourth-order valence-electron chi connectivity index (χ4n) is 2.45. The number of benzene rings is 1. The van der Waals surface area contributed by atoms with Gasteiger partial charge in [-0.15, -0.1) is 0 Å². The molecule has 3 unspecified atom stereocenters. The molecule has 1 fully saturated rings. The van der Waals surface area contributed by atoms with E-state index in [4.69, 9.17) is 22.2 Å². The summed E-state index contributed by atoms with van der Waals surface area (Å²) in [5.74, 6) is 5.68. The molecule has 3 N–H and O–H groups in total. The molecule has 18 heavy (non-hydrogen) atoms. The van der Waals surface area contributed by atoms with Gasteiger partial charge in [-0.2, -0.15) is 0 Å². The summed E-state index contributed by atoms with van der Waals surface area (Å²) in [6, 6.07) is 4.57. The fraction of sp³-hybridized carbons (Fsp3) is 0.538. The number of hydrogen-bond acceptors (Lipinski definition) is 3. The third-order valence-electron chi connectivity index (χ3n) is 3.54. The van der Waals surface area contributed by atoms with Crippen LogP contribution in [0, 0.1) is 11.7 Å². The highest BCUT2D eigenvalue weighted by Gasteiger charge is 2.32. The van der Waals surface area contributed by atoms with Gasteiger partial charge < -0.3 is 4.74 Å². The van der Waals surface area contributed by atoms with Gasteiger partial charge in [0.15, 0.2) is 0 Å². The maximum atomic E-state index is 13.7. The second-order valence-electron chi connectivity index (χ2n) is 4.78. The van der Waals surface area contributed by atoms with Crippen LogP contribution in [0.25, 0.3) is 0 Å². The zero-order valence-electron chi connectivity index (χ0n) is 10.3. The van der Waals surface area contributed by atoms with E-state index < -0.39 is 0 Å². The van der Waals surface area contributed by atoms with Crippen LogP contribution in [-0.4, -0.2) is 18.8 Å². The predicted molar refractivity (Wildman–Crippen MR) is 69.7 cm³/mol. The maximum Gasteiger partial charge on any atom is 0.127 e. The Balaban J connectivity index is 2.15. The highest BCUT2D eigenvalue weighted by Crippen LogP contribution is 2.27. The summed E-state index contributed by atoms with van der Waals surface area (Å²) in [5.41, 5.74) is 3.22. The van der Waals surface area contributed by atoms with E-state index in [9.17, 15) is 4.39 Å². The summed E-state index contributed by atoms with van der Waals surface area (Å²) in [6.45, 7) is 2.85. The van der Waals surface area contributed by atoms with Crippen molar-refractivity contribution in [2.75, 3.05) is 6.61 Å². The Hall–Kier alpha value is -0.680. The monoisotopic (exact) mass is 272 g/mol. The average molecular weight is 273 g/mol. The first-order valence-corrected chi connectivity index (χ1v) is 6.52. The maximum absolute atomic E-state index is 13.7.